The number of benzene rings is 2. The molecule has 0 unspecified atom stereocenters. The van der Waals surface area contributed by atoms with Crippen LogP contribution in [0.1, 0.15) is 10.4 Å². The molecule has 0 aliphatic carbocycles. The Morgan fingerprint density at radius 3 is 2.28 bits per heavy atom. The van der Waals surface area contributed by atoms with Crippen LogP contribution < -0.4 is 4.74 Å². The average Bonchev–Trinajstić information content (AvgIpc) is 2.27. The molecule has 5 heteroatoms. The van der Waals surface area contributed by atoms with E-state index >= 15 is 0 Å². The number of carboxylic acids is 1. The van der Waals surface area contributed by atoms with Crippen LogP contribution in [0.25, 0.3) is 0 Å². The van der Waals surface area contributed by atoms with E-state index in [1.807, 2.05) is 0 Å². The van der Waals surface area contributed by atoms with Crippen LogP contribution in [0.3, 0.4) is 0 Å². The molecule has 0 heterocycles. The van der Waals surface area contributed by atoms with E-state index < -0.39 is 5.97 Å². The maximum absolute atomic E-state index is 10.8. The zero-order valence-corrected chi connectivity index (χ0v) is 10.6. The van der Waals surface area contributed by atoms with Crippen molar-refractivity contribution in [3.8, 4) is 11.5 Å². The number of hydrogen-bond acceptors (Lipinski definition) is 2. The van der Waals surface area contributed by atoms with Crippen molar-refractivity contribution in [1.82, 2.24) is 0 Å². The van der Waals surface area contributed by atoms with E-state index in [-0.39, 0.29) is 5.56 Å². The third kappa shape index (κ3) is 3.15. The quantitative estimate of drug-likeness (QED) is 0.903. The lowest BCUT2D eigenvalue weighted by Crippen LogP contribution is -1.96. The van der Waals surface area contributed by atoms with Crippen molar-refractivity contribution in [1.29, 1.82) is 0 Å². The van der Waals surface area contributed by atoms with Crippen molar-refractivity contribution in [2.75, 3.05) is 0 Å². The Kier molecular flexibility index (Phi) is 3.75. The van der Waals surface area contributed by atoms with Gasteiger partial charge in [-0.3, -0.25) is 0 Å². The highest BCUT2D eigenvalue weighted by Crippen LogP contribution is 2.28. The Bertz CT molecular complexity index is 576. The molecule has 0 atom stereocenters. The van der Waals surface area contributed by atoms with Gasteiger partial charge in [0.1, 0.15) is 11.5 Å². The Morgan fingerprint density at radius 2 is 1.67 bits per heavy atom. The van der Waals surface area contributed by atoms with E-state index in [2.05, 4.69) is 0 Å². The highest BCUT2D eigenvalue weighted by atomic mass is 35.5. The maximum atomic E-state index is 10.8. The van der Waals surface area contributed by atoms with E-state index in [0.29, 0.717) is 21.5 Å². The summed E-state index contributed by atoms with van der Waals surface area (Å²) in [4.78, 5) is 10.8. The number of ether oxygens (including phenoxy) is 1. The minimum atomic E-state index is -1.01. The first-order valence-corrected chi connectivity index (χ1v) is 5.77. The third-order valence-corrected chi connectivity index (χ3v) is 2.59. The summed E-state index contributed by atoms with van der Waals surface area (Å²) in [5.41, 5.74) is 0.153. The molecule has 0 amide bonds. The summed E-state index contributed by atoms with van der Waals surface area (Å²) < 4.78 is 5.50. The van der Waals surface area contributed by atoms with Gasteiger partial charge in [0.25, 0.3) is 0 Å². The van der Waals surface area contributed by atoms with Gasteiger partial charge < -0.3 is 9.84 Å². The van der Waals surface area contributed by atoms with Crippen molar-refractivity contribution < 1.29 is 14.6 Å². The summed E-state index contributed by atoms with van der Waals surface area (Å²) in [5, 5.41) is 9.77. The molecule has 0 fully saturated rings. The lowest BCUT2D eigenvalue weighted by atomic mass is 10.2. The summed E-state index contributed by atoms with van der Waals surface area (Å²) in [5.74, 6) is -0.146. The molecule has 3 nitrogen and oxygen atoms in total. The smallest absolute Gasteiger partial charge is 0.335 e. The van der Waals surface area contributed by atoms with E-state index in [1.54, 1.807) is 30.3 Å². The summed E-state index contributed by atoms with van der Waals surface area (Å²) in [6.45, 7) is 0. The normalized spacial score (nSPS) is 10.1. The van der Waals surface area contributed by atoms with Crippen LogP contribution in [-0.2, 0) is 0 Å². The first kappa shape index (κ1) is 12.7. The van der Waals surface area contributed by atoms with Gasteiger partial charge in [-0.05, 0) is 36.4 Å². The fourth-order valence-corrected chi connectivity index (χ4v) is 1.92. The molecule has 0 saturated heterocycles. The van der Waals surface area contributed by atoms with Gasteiger partial charge in [0.2, 0.25) is 0 Å². The predicted molar refractivity (Wildman–Crippen MR) is 69.9 cm³/mol. The van der Waals surface area contributed by atoms with Gasteiger partial charge in [-0.15, -0.1) is 0 Å². The van der Waals surface area contributed by atoms with E-state index in [0.717, 1.165) is 0 Å². The fourth-order valence-electron chi connectivity index (χ4n) is 1.42. The first-order valence-electron chi connectivity index (χ1n) is 5.02. The molecule has 0 spiro atoms. The van der Waals surface area contributed by atoms with Crippen LogP contribution in [0.4, 0.5) is 0 Å². The molecular formula is C13H8Cl2O3. The van der Waals surface area contributed by atoms with Gasteiger partial charge in [0.05, 0.1) is 5.56 Å². The first-order chi connectivity index (χ1) is 8.54. The molecule has 0 aliphatic rings. The molecule has 2 aromatic rings. The van der Waals surface area contributed by atoms with Gasteiger partial charge in [-0.25, -0.2) is 4.79 Å². The predicted octanol–water partition coefficient (Wildman–Crippen LogP) is 4.48. The Hall–Kier alpha value is -1.71. The van der Waals surface area contributed by atoms with Crippen molar-refractivity contribution in [2.45, 2.75) is 0 Å². The molecule has 92 valence electrons. The SMILES string of the molecule is O=C(O)c1cccc(Oc2cc(Cl)cc(Cl)c2)c1. The summed E-state index contributed by atoms with van der Waals surface area (Å²) >= 11 is 11.7. The van der Waals surface area contributed by atoms with Crippen molar-refractivity contribution in [3.05, 3.63) is 58.1 Å². The molecule has 2 aromatic carbocycles. The number of halogens is 2. The number of carbonyl (C=O) groups is 1. The topological polar surface area (TPSA) is 46.5 Å². The van der Waals surface area contributed by atoms with Crippen LogP contribution in [0.15, 0.2) is 42.5 Å². The zero-order valence-electron chi connectivity index (χ0n) is 9.06. The number of aromatic carboxylic acids is 1. The van der Waals surface area contributed by atoms with Gasteiger partial charge in [-0.1, -0.05) is 29.3 Å². The highest BCUT2D eigenvalue weighted by molar-refractivity contribution is 6.34. The Labute approximate surface area is 114 Å². The standard InChI is InChI=1S/C13H8Cl2O3/c14-9-5-10(15)7-12(6-9)18-11-3-1-2-8(4-11)13(16)17/h1-7H,(H,16,17). The van der Waals surface area contributed by atoms with Crippen LogP contribution in [0.2, 0.25) is 10.0 Å². The Balaban J connectivity index is 2.28. The molecule has 0 bridgehead atoms. The maximum Gasteiger partial charge on any atom is 0.335 e. The number of carboxylic acid groups (broad SMARTS) is 1. The van der Waals surface area contributed by atoms with Gasteiger partial charge in [0, 0.05) is 10.0 Å². The molecule has 2 rings (SSSR count). The molecule has 0 saturated carbocycles. The second-order valence-electron chi connectivity index (χ2n) is 3.54. The van der Waals surface area contributed by atoms with Crippen LogP contribution in [0, 0.1) is 0 Å². The second-order valence-corrected chi connectivity index (χ2v) is 4.41. The number of rotatable bonds is 3. The highest BCUT2D eigenvalue weighted by Gasteiger charge is 2.05. The zero-order chi connectivity index (χ0) is 13.1. The summed E-state index contributed by atoms with van der Waals surface area (Å²) in [7, 11) is 0. The van der Waals surface area contributed by atoms with E-state index in [9.17, 15) is 4.79 Å². The van der Waals surface area contributed by atoms with Crippen LogP contribution in [0.5, 0.6) is 11.5 Å². The van der Waals surface area contributed by atoms with Gasteiger partial charge >= 0.3 is 5.97 Å². The molecule has 0 aromatic heterocycles. The number of hydrogen-bond donors (Lipinski definition) is 1. The van der Waals surface area contributed by atoms with E-state index in [1.165, 1.54) is 12.1 Å². The Morgan fingerprint density at radius 1 is 1.00 bits per heavy atom. The summed E-state index contributed by atoms with van der Waals surface area (Å²) in [6.07, 6.45) is 0. The lowest BCUT2D eigenvalue weighted by Gasteiger charge is -2.07. The summed E-state index contributed by atoms with van der Waals surface area (Å²) in [6, 6.07) is 11.0. The van der Waals surface area contributed by atoms with Gasteiger partial charge in [0.15, 0.2) is 0 Å². The van der Waals surface area contributed by atoms with Crippen molar-refractivity contribution in [3.63, 3.8) is 0 Å². The third-order valence-electron chi connectivity index (χ3n) is 2.15. The molecule has 1 N–H and O–H groups in total. The monoisotopic (exact) mass is 282 g/mol. The molecular weight excluding hydrogens is 275 g/mol. The minimum Gasteiger partial charge on any atom is -0.478 e. The van der Waals surface area contributed by atoms with E-state index in [4.69, 9.17) is 33.0 Å². The van der Waals surface area contributed by atoms with Crippen LogP contribution in [-0.4, -0.2) is 11.1 Å². The molecule has 0 radical (unpaired) electrons. The average molecular weight is 283 g/mol. The fraction of sp³-hybridized carbons (Fsp3) is 0. The second kappa shape index (κ2) is 5.29. The van der Waals surface area contributed by atoms with Crippen molar-refractivity contribution in [2.24, 2.45) is 0 Å². The van der Waals surface area contributed by atoms with Crippen LogP contribution >= 0.6 is 23.2 Å². The molecule has 0 aliphatic heterocycles. The molecule has 18 heavy (non-hydrogen) atoms. The van der Waals surface area contributed by atoms with Gasteiger partial charge in [-0.2, -0.15) is 0 Å². The largest absolute Gasteiger partial charge is 0.478 e. The van der Waals surface area contributed by atoms with Crippen molar-refractivity contribution >= 4 is 29.2 Å². The lowest BCUT2D eigenvalue weighted by molar-refractivity contribution is 0.0696. The minimum absolute atomic E-state index is 0.153.